The van der Waals surface area contributed by atoms with Crippen molar-refractivity contribution >= 4 is 30.7 Å². The Morgan fingerprint density at radius 2 is 2.05 bits per heavy atom. The molecule has 0 aromatic carbocycles. The number of nitrogens with zero attached hydrogens (tertiary/aromatic N) is 1. The third-order valence-corrected chi connectivity index (χ3v) is 1.86. The van der Waals surface area contributed by atoms with Crippen molar-refractivity contribution in [3.63, 3.8) is 0 Å². The fraction of sp³-hybridized carbons (Fsp3) is 0.400. The molecule has 0 atom stereocenters. The van der Waals surface area contributed by atoms with Crippen molar-refractivity contribution in [2.45, 2.75) is 12.7 Å². The Kier molecular flexibility index (Phi) is 10.1. The molecule has 0 spiro atoms. The summed E-state index contributed by atoms with van der Waals surface area (Å²) in [6, 6.07) is 2.87. The molecule has 0 radical (unpaired) electrons. The number of rotatable bonds is 5. The van der Waals surface area contributed by atoms with Gasteiger partial charge in [-0.05, 0) is 11.6 Å². The molecule has 10 heteroatoms. The van der Waals surface area contributed by atoms with E-state index in [0.29, 0.717) is 5.56 Å². The Balaban J connectivity index is 0. The van der Waals surface area contributed by atoms with Gasteiger partial charge >= 0.3 is 6.18 Å². The predicted molar refractivity (Wildman–Crippen MR) is 71.2 cm³/mol. The van der Waals surface area contributed by atoms with Crippen molar-refractivity contribution in [3.8, 4) is 5.88 Å². The fourth-order valence-electron chi connectivity index (χ4n) is 1.07. The Morgan fingerprint density at radius 3 is 2.60 bits per heavy atom. The van der Waals surface area contributed by atoms with Crippen molar-refractivity contribution < 1.29 is 22.7 Å². The van der Waals surface area contributed by atoms with E-state index in [1.165, 1.54) is 12.3 Å². The van der Waals surface area contributed by atoms with Crippen LogP contribution in [0.5, 0.6) is 5.88 Å². The Morgan fingerprint density at radius 1 is 1.40 bits per heavy atom. The first-order valence-electron chi connectivity index (χ1n) is 5.02. The molecular weight excluding hydrogens is 322 g/mol. The zero-order chi connectivity index (χ0) is 13.6. The van der Waals surface area contributed by atoms with Gasteiger partial charge in [-0.15, -0.1) is 24.8 Å². The summed E-state index contributed by atoms with van der Waals surface area (Å²) in [6.07, 6.45) is -3.11. The van der Waals surface area contributed by atoms with E-state index in [2.05, 4.69) is 15.0 Å². The number of hydrogen-bond donors (Lipinski definition) is 2. The first kappa shape index (κ1) is 21.1. The maximum atomic E-state index is 11.9. The minimum Gasteiger partial charge on any atom is -0.468 e. The number of halogens is 5. The van der Waals surface area contributed by atoms with Crippen LogP contribution in [0.25, 0.3) is 0 Å². The smallest absolute Gasteiger partial charge is 0.422 e. The van der Waals surface area contributed by atoms with Crippen LogP contribution in [-0.4, -0.2) is 30.2 Å². The summed E-state index contributed by atoms with van der Waals surface area (Å²) in [5.41, 5.74) is 5.66. The lowest BCUT2D eigenvalue weighted by Gasteiger charge is -2.09. The minimum absolute atomic E-state index is 0. The van der Waals surface area contributed by atoms with Crippen LogP contribution in [0.4, 0.5) is 13.2 Å². The van der Waals surface area contributed by atoms with Crippen LogP contribution in [0.15, 0.2) is 18.3 Å². The van der Waals surface area contributed by atoms with Crippen LogP contribution < -0.4 is 15.8 Å². The quantitative estimate of drug-likeness (QED) is 0.853. The second kappa shape index (κ2) is 9.62. The summed E-state index contributed by atoms with van der Waals surface area (Å²) in [5, 5.41) is 2.48. The third-order valence-electron chi connectivity index (χ3n) is 1.86. The zero-order valence-electron chi connectivity index (χ0n) is 10.1. The van der Waals surface area contributed by atoms with Crippen molar-refractivity contribution in [3.05, 3.63) is 23.9 Å². The predicted octanol–water partition coefficient (Wildman–Crippen LogP) is 1.44. The van der Waals surface area contributed by atoms with Crippen LogP contribution in [-0.2, 0) is 11.3 Å². The van der Waals surface area contributed by atoms with Crippen molar-refractivity contribution in [1.82, 2.24) is 10.3 Å². The van der Waals surface area contributed by atoms with Gasteiger partial charge in [-0.25, -0.2) is 4.98 Å². The lowest BCUT2D eigenvalue weighted by Crippen LogP contribution is -2.29. The molecule has 0 saturated carbocycles. The second-order valence-electron chi connectivity index (χ2n) is 3.39. The standard InChI is InChI=1S/C10H12F3N3O2.2ClH/c11-10(12,13)6-18-9-3-7(1-2-15-9)5-16-8(17)4-14;;/h1-3H,4-6,14H2,(H,16,17);2*1H. The number of alkyl halides is 3. The summed E-state index contributed by atoms with van der Waals surface area (Å²) in [6.45, 7) is -1.40. The minimum atomic E-state index is -4.41. The number of hydrogen-bond acceptors (Lipinski definition) is 4. The molecule has 0 aliphatic rings. The van der Waals surface area contributed by atoms with Gasteiger partial charge in [0.15, 0.2) is 6.61 Å². The van der Waals surface area contributed by atoms with E-state index in [-0.39, 0.29) is 49.7 Å². The maximum absolute atomic E-state index is 11.9. The van der Waals surface area contributed by atoms with Gasteiger partial charge in [-0.3, -0.25) is 4.79 Å². The first-order valence-corrected chi connectivity index (χ1v) is 5.02. The molecule has 0 unspecified atom stereocenters. The molecule has 0 saturated heterocycles. The highest BCUT2D eigenvalue weighted by atomic mass is 35.5. The number of carbonyl (C=O) groups is 1. The monoisotopic (exact) mass is 335 g/mol. The molecule has 0 bridgehead atoms. The van der Waals surface area contributed by atoms with Gasteiger partial charge < -0.3 is 15.8 Å². The normalized spacial score (nSPS) is 10.0. The highest BCUT2D eigenvalue weighted by Crippen LogP contribution is 2.17. The molecule has 116 valence electrons. The van der Waals surface area contributed by atoms with Crippen LogP contribution in [0.2, 0.25) is 0 Å². The largest absolute Gasteiger partial charge is 0.468 e. The van der Waals surface area contributed by atoms with E-state index in [1.54, 1.807) is 6.07 Å². The molecule has 1 amide bonds. The molecule has 0 aliphatic carbocycles. The lowest BCUT2D eigenvalue weighted by molar-refractivity contribution is -0.154. The first-order chi connectivity index (χ1) is 8.40. The topological polar surface area (TPSA) is 77.2 Å². The summed E-state index contributed by atoms with van der Waals surface area (Å²) in [5.74, 6) is -0.503. The molecular formula is C10H14Cl2F3N3O2. The Hall–Kier alpha value is -1.25. The second-order valence-corrected chi connectivity index (χ2v) is 3.39. The van der Waals surface area contributed by atoms with Crippen LogP contribution >= 0.6 is 24.8 Å². The number of ether oxygens (including phenoxy) is 1. The highest BCUT2D eigenvalue weighted by molar-refractivity contribution is 5.85. The summed E-state index contributed by atoms with van der Waals surface area (Å²) in [7, 11) is 0. The average Bonchev–Trinajstić information content (AvgIpc) is 2.33. The molecule has 1 aromatic rings. The molecule has 0 aliphatic heterocycles. The Bertz CT molecular complexity index is 419. The van der Waals surface area contributed by atoms with E-state index in [4.69, 9.17) is 5.73 Å². The van der Waals surface area contributed by atoms with E-state index < -0.39 is 12.8 Å². The summed E-state index contributed by atoms with van der Waals surface area (Å²) in [4.78, 5) is 14.5. The number of aromatic nitrogens is 1. The van der Waals surface area contributed by atoms with Gasteiger partial charge in [0.2, 0.25) is 11.8 Å². The van der Waals surface area contributed by atoms with Crippen molar-refractivity contribution in [2.75, 3.05) is 13.2 Å². The highest BCUT2D eigenvalue weighted by Gasteiger charge is 2.28. The van der Waals surface area contributed by atoms with Crippen LogP contribution in [0.1, 0.15) is 5.56 Å². The number of nitrogens with two attached hydrogens (primary N) is 1. The molecule has 1 heterocycles. The summed E-state index contributed by atoms with van der Waals surface area (Å²) < 4.78 is 40.2. The molecule has 1 aromatic heterocycles. The number of pyridine rings is 1. The Labute approximate surface area is 125 Å². The number of amides is 1. The van der Waals surface area contributed by atoms with Gasteiger partial charge in [-0.1, -0.05) is 0 Å². The van der Waals surface area contributed by atoms with Crippen molar-refractivity contribution in [2.24, 2.45) is 5.73 Å². The molecule has 3 N–H and O–H groups in total. The third kappa shape index (κ3) is 8.78. The van der Waals surface area contributed by atoms with Crippen molar-refractivity contribution in [1.29, 1.82) is 0 Å². The lowest BCUT2D eigenvalue weighted by atomic mass is 10.2. The van der Waals surface area contributed by atoms with Gasteiger partial charge in [0.1, 0.15) is 0 Å². The summed E-state index contributed by atoms with van der Waals surface area (Å²) >= 11 is 0. The van der Waals surface area contributed by atoms with E-state index >= 15 is 0 Å². The van der Waals surface area contributed by atoms with E-state index in [1.807, 2.05) is 0 Å². The van der Waals surface area contributed by atoms with Gasteiger partial charge in [-0.2, -0.15) is 13.2 Å². The molecule has 1 rings (SSSR count). The zero-order valence-corrected chi connectivity index (χ0v) is 11.8. The average molecular weight is 336 g/mol. The fourth-order valence-corrected chi connectivity index (χ4v) is 1.07. The SMILES string of the molecule is Cl.Cl.NCC(=O)NCc1ccnc(OCC(F)(F)F)c1. The van der Waals surface area contributed by atoms with Gasteiger partial charge in [0.25, 0.3) is 0 Å². The molecule has 0 fully saturated rings. The van der Waals surface area contributed by atoms with E-state index in [0.717, 1.165) is 0 Å². The van der Waals surface area contributed by atoms with Crippen LogP contribution in [0.3, 0.4) is 0 Å². The molecule has 20 heavy (non-hydrogen) atoms. The van der Waals surface area contributed by atoms with E-state index in [9.17, 15) is 18.0 Å². The van der Waals surface area contributed by atoms with Crippen LogP contribution in [0, 0.1) is 0 Å². The van der Waals surface area contributed by atoms with Gasteiger partial charge in [0, 0.05) is 18.8 Å². The number of nitrogens with one attached hydrogen (secondary N) is 1. The number of carbonyl (C=O) groups excluding carboxylic acids is 1. The maximum Gasteiger partial charge on any atom is 0.422 e. The molecule has 5 nitrogen and oxygen atoms in total. The van der Waals surface area contributed by atoms with Gasteiger partial charge in [0.05, 0.1) is 6.54 Å².